The molecule has 0 aliphatic heterocycles. The number of nitroso groups, excluding NO2 is 1. The summed E-state index contributed by atoms with van der Waals surface area (Å²) in [5, 5.41) is 2.56. The SMILES string of the molecule is O=NNc1ccccc1I. The number of nitrogens with one attached hydrogen (secondary N) is 1. The van der Waals surface area contributed by atoms with Crippen LogP contribution in [0.2, 0.25) is 0 Å². The Morgan fingerprint density at radius 2 is 2.10 bits per heavy atom. The minimum absolute atomic E-state index is 0.748. The molecule has 0 spiro atoms. The Morgan fingerprint density at radius 1 is 1.40 bits per heavy atom. The Bertz CT molecular complexity index is 239. The molecule has 3 nitrogen and oxygen atoms in total. The summed E-state index contributed by atoms with van der Waals surface area (Å²) in [4.78, 5) is 9.76. The van der Waals surface area contributed by atoms with Gasteiger partial charge < -0.3 is 0 Å². The number of rotatable bonds is 2. The summed E-state index contributed by atoms with van der Waals surface area (Å²) in [5.41, 5.74) is 3.09. The maximum Gasteiger partial charge on any atom is 0.0727 e. The van der Waals surface area contributed by atoms with Crippen LogP contribution >= 0.6 is 22.6 Å². The number of benzene rings is 1. The first-order valence-electron chi connectivity index (χ1n) is 2.67. The minimum atomic E-state index is 0.748. The standard InChI is InChI=1S/C6H5IN2O/c7-5-3-1-2-4-6(5)8-9-10/h1-4H,(H,8,10). The van der Waals surface area contributed by atoms with Gasteiger partial charge in [0.05, 0.1) is 11.0 Å². The van der Waals surface area contributed by atoms with Crippen molar-refractivity contribution in [2.75, 3.05) is 5.43 Å². The first kappa shape index (κ1) is 7.46. The predicted octanol–water partition coefficient (Wildman–Crippen LogP) is 2.38. The van der Waals surface area contributed by atoms with E-state index in [1.54, 1.807) is 6.07 Å². The molecule has 0 saturated carbocycles. The average Bonchev–Trinajstić information content (AvgIpc) is 1.94. The zero-order chi connectivity index (χ0) is 7.40. The Kier molecular flexibility index (Phi) is 2.61. The average molecular weight is 248 g/mol. The van der Waals surface area contributed by atoms with Gasteiger partial charge in [0.25, 0.3) is 0 Å². The topological polar surface area (TPSA) is 41.5 Å². The van der Waals surface area contributed by atoms with E-state index in [2.05, 4.69) is 33.3 Å². The molecule has 0 saturated heterocycles. The lowest BCUT2D eigenvalue weighted by molar-refractivity contribution is 1.31. The van der Waals surface area contributed by atoms with Crippen molar-refractivity contribution >= 4 is 28.3 Å². The Labute approximate surface area is 71.9 Å². The van der Waals surface area contributed by atoms with Gasteiger partial charge in [-0.3, -0.25) is 0 Å². The van der Waals surface area contributed by atoms with Crippen LogP contribution in [0.1, 0.15) is 0 Å². The quantitative estimate of drug-likeness (QED) is 0.496. The molecule has 0 aliphatic carbocycles. The van der Waals surface area contributed by atoms with Crippen molar-refractivity contribution < 1.29 is 0 Å². The molecule has 1 aromatic rings. The van der Waals surface area contributed by atoms with Crippen molar-refractivity contribution in [3.63, 3.8) is 0 Å². The zero-order valence-electron chi connectivity index (χ0n) is 5.04. The van der Waals surface area contributed by atoms with Crippen molar-refractivity contribution in [2.45, 2.75) is 0 Å². The van der Waals surface area contributed by atoms with Crippen LogP contribution in [-0.4, -0.2) is 0 Å². The summed E-state index contributed by atoms with van der Waals surface area (Å²) >= 11 is 2.12. The van der Waals surface area contributed by atoms with Crippen molar-refractivity contribution in [3.8, 4) is 0 Å². The van der Waals surface area contributed by atoms with Crippen LogP contribution in [0.25, 0.3) is 0 Å². The van der Waals surface area contributed by atoms with Crippen LogP contribution in [0.5, 0.6) is 0 Å². The summed E-state index contributed by atoms with van der Waals surface area (Å²) < 4.78 is 0.986. The fourth-order valence-electron chi connectivity index (χ4n) is 0.601. The molecule has 1 N–H and O–H groups in total. The highest BCUT2D eigenvalue weighted by atomic mass is 127. The van der Waals surface area contributed by atoms with Gasteiger partial charge in [0.15, 0.2) is 0 Å². The van der Waals surface area contributed by atoms with E-state index in [0.29, 0.717) is 0 Å². The van der Waals surface area contributed by atoms with Crippen LogP contribution < -0.4 is 5.43 Å². The second kappa shape index (κ2) is 3.50. The fraction of sp³-hybridized carbons (Fsp3) is 0. The number of para-hydroxylation sites is 1. The molecule has 0 heterocycles. The lowest BCUT2D eigenvalue weighted by atomic mass is 10.3. The monoisotopic (exact) mass is 248 g/mol. The number of hydrogen-bond donors (Lipinski definition) is 1. The molecule has 1 rings (SSSR count). The van der Waals surface area contributed by atoms with Gasteiger partial charge >= 0.3 is 0 Å². The molecule has 0 bridgehead atoms. The van der Waals surface area contributed by atoms with Crippen LogP contribution in [0.4, 0.5) is 5.69 Å². The third kappa shape index (κ3) is 1.66. The Hall–Kier alpha value is -0.650. The molecule has 0 aliphatic rings. The van der Waals surface area contributed by atoms with Crippen LogP contribution in [-0.2, 0) is 0 Å². The third-order valence-electron chi connectivity index (χ3n) is 1.04. The molecule has 10 heavy (non-hydrogen) atoms. The summed E-state index contributed by atoms with van der Waals surface area (Å²) in [6.07, 6.45) is 0. The molecule has 0 fully saturated rings. The molecule has 0 atom stereocenters. The van der Waals surface area contributed by atoms with Gasteiger partial charge in [-0.25, -0.2) is 5.43 Å². The molecule has 52 valence electrons. The third-order valence-corrected chi connectivity index (χ3v) is 1.98. The van der Waals surface area contributed by atoms with E-state index >= 15 is 0 Å². The number of anilines is 1. The maximum absolute atomic E-state index is 9.76. The van der Waals surface area contributed by atoms with E-state index < -0.39 is 0 Å². The van der Waals surface area contributed by atoms with Crippen molar-refractivity contribution in [1.82, 2.24) is 0 Å². The van der Waals surface area contributed by atoms with Gasteiger partial charge in [-0.1, -0.05) is 12.1 Å². The molecule has 0 aromatic heterocycles. The molecule has 1 aromatic carbocycles. The minimum Gasteiger partial charge on any atom is -0.241 e. The summed E-state index contributed by atoms with van der Waals surface area (Å²) in [6, 6.07) is 7.44. The highest BCUT2D eigenvalue weighted by Crippen LogP contribution is 2.16. The second-order valence-electron chi connectivity index (χ2n) is 1.68. The van der Waals surface area contributed by atoms with E-state index in [1.807, 2.05) is 18.2 Å². The highest BCUT2D eigenvalue weighted by molar-refractivity contribution is 14.1. The molecule has 0 unspecified atom stereocenters. The van der Waals surface area contributed by atoms with E-state index in [1.165, 1.54) is 0 Å². The molecular weight excluding hydrogens is 243 g/mol. The normalized spacial score (nSPS) is 8.90. The van der Waals surface area contributed by atoms with Crippen molar-refractivity contribution in [2.24, 2.45) is 5.29 Å². The van der Waals surface area contributed by atoms with Gasteiger partial charge in [0.2, 0.25) is 0 Å². The van der Waals surface area contributed by atoms with Gasteiger partial charge in [-0.05, 0) is 34.7 Å². The van der Waals surface area contributed by atoms with Crippen molar-refractivity contribution in [1.29, 1.82) is 0 Å². The summed E-state index contributed by atoms with van der Waals surface area (Å²) in [5.74, 6) is 0. The van der Waals surface area contributed by atoms with Crippen molar-refractivity contribution in [3.05, 3.63) is 32.7 Å². The lowest BCUT2D eigenvalue weighted by Crippen LogP contribution is -1.87. The van der Waals surface area contributed by atoms with E-state index in [4.69, 9.17) is 0 Å². The zero-order valence-corrected chi connectivity index (χ0v) is 7.20. The highest BCUT2D eigenvalue weighted by Gasteiger charge is 1.93. The fourth-order valence-corrected chi connectivity index (χ4v) is 1.11. The van der Waals surface area contributed by atoms with Crippen LogP contribution in [0.15, 0.2) is 29.6 Å². The second-order valence-corrected chi connectivity index (χ2v) is 2.85. The smallest absolute Gasteiger partial charge is 0.0727 e. The molecule has 4 heteroatoms. The molecule has 0 radical (unpaired) electrons. The van der Waals surface area contributed by atoms with E-state index in [9.17, 15) is 4.91 Å². The Balaban J connectivity index is 2.91. The van der Waals surface area contributed by atoms with E-state index in [0.717, 1.165) is 9.26 Å². The number of nitrogens with zero attached hydrogens (tertiary/aromatic N) is 1. The first-order chi connectivity index (χ1) is 4.84. The predicted molar refractivity (Wildman–Crippen MR) is 48.6 cm³/mol. The summed E-state index contributed by atoms with van der Waals surface area (Å²) in [7, 11) is 0. The first-order valence-corrected chi connectivity index (χ1v) is 3.75. The number of halogens is 1. The van der Waals surface area contributed by atoms with Gasteiger partial charge in [0, 0.05) is 3.57 Å². The van der Waals surface area contributed by atoms with Gasteiger partial charge in [-0.15, -0.1) is 4.91 Å². The molecule has 0 amide bonds. The van der Waals surface area contributed by atoms with E-state index in [-0.39, 0.29) is 0 Å². The number of hydrogen-bond acceptors (Lipinski definition) is 2. The summed E-state index contributed by atoms with van der Waals surface area (Å²) in [6.45, 7) is 0. The van der Waals surface area contributed by atoms with Gasteiger partial charge in [0.1, 0.15) is 0 Å². The molecular formula is C6H5IN2O. The maximum atomic E-state index is 9.76. The van der Waals surface area contributed by atoms with Gasteiger partial charge in [-0.2, -0.15) is 0 Å². The largest absolute Gasteiger partial charge is 0.241 e. The Morgan fingerprint density at radius 3 is 2.70 bits per heavy atom. The van der Waals surface area contributed by atoms with Crippen LogP contribution in [0.3, 0.4) is 0 Å². The lowest BCUT2D eigenvalue weighted by Gasteiger charge is -1.97. The van der Waals surface area contributed by atoms with Crippen LogP contribution in [0, 0.1) is 8.48 Å².